The molecule has 2 rings (SSSR count). The number of hydrogen-bond donors (Lipinski definition) is 1. The average Bonchev–Trinajstić information content (AvgIpc) is 2.86. The second-order valence-electron chi connectivity index (χ2n) is 3.97. The lowest BCUT2D eigenvalue weighted by atomic mass is 10.3. The summed E-state index contributed by atoms with van der Waals surface area (Å²) in [6.07, 6.45) is 3.32. The van der Waals surface area contributed by atoms with Crippen LogP contribution in [0.3, 0.4) is 0 Å². The predicted molar refractivity (Wildman–Crippen MR) is 81.2 cm³/mol. The Kier molecular flexibility index (Phi) is 5.26. The van der Waals surface area contributed by atoms with E-state index in [0.717, 1.165) is 0 Å². The van der Waals surface area contributed by atoms with Gasteiger partial charge >= 0.3 is 0 Å². The first kappa shape index (κ1) is 14.7. The lowest BCUT2D eigenvalue weighted by Crippen LogP contribution is -2.12. The highest BCUT2D eigenvalue weighted by Crippen LogP contribution is 2.26. The topological polar surface area (TPSA) is 65.4 Å². The van der Waals surface area contributed by atoms with E-state index in [0.29, 0.717) is 35.4 Å². The van der Waals surface area contributed by atoms with E-state index in [4.69, 9.17) is 33.7 Å². The van der Waals surface area contributed by atoms with Crippen LogP contribution < -0.4 is 10.5 Å². The molecule has 1 heterocycles. The van der Waals surface area contributed by atoms with Crippen molar-refractivity contribution in [1.29, 1.82) is 0 Å². The third-order valence-electron chi connectivity index (χ3n) is 2.45. The summed E-state index contributed by atoms with van der Waals surface area (Å²) in [5.41, 5.74) is 6.29. The van der Waals surface area contributed by atoms with Gasteiger partial charge in [0.1, 0.15) is 23.9 Å². The van der Waals surface area contributed by atoms with Crippen molar-refractivity contribution < 1.29 is 4.74 Å². The van der Waals surface area contributed by atoms with Crippen LogP contribution in [0.25, 0.3) is 0 Å². The monoisotopic (exact) mass is 312 g/mol. The Balaban J connectivity index is 1.99. The Hall–Kier alpha value is -1.72. The van der Waals surface area contributed by atoms with Gasteiger partial charge in [-0.3, -0.25) is 4.68 Å². The number of halogens is 2. The maximum Gasteiger partial charge on any atom is 0.145 e. The van der Waals surface area contributed by atoms with Gasteiger partial charge < -0.3 is 10.5 Å². The van der Waals surface area contributed by atoms with E-state index in [1.165, 1.54) is 0 Å². The smallest absolute Gasteiger partial charge is 0.145 e. The number of amidine groups is 1. The van der Waals surface area contributed by atoms with E-state index in [-0.39, 0.29) is 5.88 Å². The molecule has 0 amide bonds. The van der Waals surface area contributed by atoms with Crippen molar-refractivity contribution in [2.24, 2.45) is 10.7 Å². The Labute approximate surface area is 127 Å². The molecule has 2 N–H and O–H groups in total. The summed E-state index contributed by atoms with van der Waals surface area (Å²) >= 11 is 11.4. The van der Waals surface area contributed by atoms with Crippen LogP contribution in [0, 0.1) is 0 Å². The van der Waals surface area contributed by atoms with Crippen LogP contribution in [0.1, 0.15) is 0 Å². The summed E-state index contributed by atoms with van der Waals surface area (Å²) in [5.74, 6) is 1.18. The minimum absolute atomic E-state index is 0.181. The van der Waals surface area contributed by atoms with E-state index in [1.54, 1.807) is 17.1 Å². The molecule has 0 unspecified atom stereocenters. The highest BCUT2D eigenvalue weighted by atomic mass is 35.5. The standard InChI is InChI=1S/C13H14Cl2N4O/c14-7-13(16)18-11-3-1-2-4-12(11)20-6-5-19-9-10(15)8-17-19/h1-4,8-9H,5-7H2,(H2,16,18). The van der Waals surface area contributed by atoms with Gasteiger partial charge in [-0.05, 0) is 12.1 Å². The van der Waals surface area contributed by atoms with Gasteiger partial charge in [0.2, 0.25) is 0 Å². The van der Waals surface area contributed by atoms with Crippen molar-refractivity contribution in [2.75, 3.05) is 12.5 Å². The van der Waals surface area contributed by atoms with Crippen LogP contribution >= 0.6 is 23.2 Å². The van der Waals surface area contributed by atoms with Gasteiger partial charge in [0.15, 0.2) is 0 Å². The predicted octanol–water partition coefficient (Wildman–Crippen LogP) is 2.84. The first-order chi connectivity index (χ1) is 9.69. The highest BCUT2D eigenvalue weighted by Gasteiger charge is 2.03. The van der Waals surface area contributed by atoms with E-state index in [9.17, 15) is 0 Å². The Morgan fingerprint density at radius 1 is 1.40 bits per heavy atom. The zero-order valence-corrected chi connectivity index (χ0v) is 12.2. The molecule has 0 saturated carbocycles. The molecular formula is C13H14Cl2N4O. The van der Waals surface area contributed by atoms with Gasteiger partial charge in [-0.1, -0.05) is 23.7 Å². The summed E-state index contributed by atoms with van der Waals surface area (Å²) in [6, 6.07) is 7.38. The highest BCUT2D eigenvalue weighted by molar-refractivity contribution is 6.30. The van der Waals surface area contributed by atoms with Crippen molar-refractivity contribution in [3.63, 3.8) is 0 Å². The van der Waals surface area contributed by atoms with Gasteiger partial charge in [0.25, 0.3) is 0 Å². The summed E-state index contributed by atoms with van der Waals surface area (Å²) in [6.45, 7) is 1.04. The van der Waals surface area contributed by atoms with Gasteiger partial charge in [-0.25, -0.2) is 4.99 Å². The maximum atomic E-state index is 5.79. The number of rotatable bonds is 6. The molecule has 0 bridgehead atoms. The quantitative estimate of drug-likeness (QED) is 0.506. The SMILES string of the molecule is NC(CCl)=Nc1ccccc1OCCn1cc(Cl)cn1. The van der Waals surface area contributed by atoms with Crippen LogP contribution in [0.2, 0.25) is 5.02 Å². The van der Waals surface area contributed by atoms with E-state index in [1.807, 2.05) is 24.3 Å². The molecule has 2 aromatic rings. The third-order valence-corrected chi connectivity index (χ3v) is 2.91. The number of benzene rings is 1. The molecule has 0 aliphatic carbocycles. The molecule has 0 saturated heterocycles. The summed E-state index contributed by atoms with van der Waals surface area (Å²) in [5, 5.41) is 4.67. The zero-order valence-electron chi connectivity index (χ0n) is 10.7. The number of nitrogens with zero attached hydrogens (tertiary/aromatic N) is 3. The fraction of sp³-hybridized carbons (Fsp3) is 0.231. The minimum Gasteiger partial charge on any atom is -0.489 e. The molecule has 7 heteroatoms. The van der Waals surface area contributed by atoms with Crippen molar-refractivity contribution in [3.8, 4) is 5.75 Å². The Morgan fingerprint density at radius 2 is 2.20 bits per heavy atom. The number of para-hydroxylation sites is 2. The van der Waals surface area contributed by atoms with Crippen LogP contribution in [-0.2, 0) is 6.54 Å². The largest absolute Gasteiger partial charge is 0.489 e. The van der Waals surface area contributed by atoms with Crippen LogP contribution in [-0.4, -0.2) is 28.1 Å². The summed E-state index contributed by atoms with van der Waals surface area (Å²) < 4.78 is 7.40. The fourth-order valence-electron chi connectivity index (χ4n) is 1.57. The number of aromatic nitrogens is 2. The molecule has 0 radical (unpaired) electrons. The third kappa shape index (κ3) is 4.15. The number of ether oxygens (including phenoxy) is 1. The van der Waals surface area contributed by atoms with Gasteiger partial charge in [-0.15, -0.1) is 11.6 Å². The van der Waals surface area contributed by atoms with E-state index in [2.05, 4.69) is 10.1 Å². The molecular weight excluding hydrogens is 299 g/mol. The Morgan fingerprint density at radius 3 is 2.90 bits per heavy atom. The number of aliphatic imine (C=N–C) groups is 1. The molecule has 0 fully saturated rings. The van der Waals surface area contributed by atoms with Crippen molar-refractivity contribution in [1.82, 2.24) is 9.78 Å². The lowest BCUT2D eigenvalue weighted by Gasteiger charge is -2.09. The zero-order chi connectivity index (χ0) is 14.4. The molecule has 20 heavy (non-hydrogen) atoms. The van der Waals surface area contributed by atoms with E-state index >= 15 is 0 Å². The molecule has 1 aromatic heterocycles. The van der Waals surface area contributed by atoms with Crippen molar-refractivity contribution in [3.05, 3.63) is 41.7 Å². The summed E-state index contributed by atoms with van der Waals surface area (Å²) in [7, 11) is 0. The van der Waals surface area contributed by atoms with Crippen LogP contribution in [0.4, 0.5) is 5.69 Å². The molecule has 0 spiro atoms. The molecule has 106 valence electrons. The first-order valence-electron chi connectivity index (χ1n) is 5.98. The van der Waals surface area contributed by atoms with Crippen LogP contribution in [0.5, 0.6) is 5.75 Å². The molecule has 0 aliphatic heterocycles. The fourth-order valence-corrected chi connectivity index (χ4v) is 1.78. The molecule has 0 atom stereocenters. The normalized spacial score (nSPS) is 11.6. The number of hydrogen-bond acceptors (Lipinski definition) is 3. The second-order valence-corrected chi connectivity index (χ2v) is 4.68. The van der Waals surface area contributed by atoms with Gasteiger partial charge in [-0.2, -0.15) is 5.10 Å². The van der Waals surface area contributed by atoms with E-state index < -0.39 is 0 Å². The first-order valence-corrected chi connectivity index (χ1v) is 6.89. The molecule has 0 aliphatic rings. The molecule has 1 aromatic carbocycles. The maximum absolute atomic E-state index is 5.79. The number of alkyl halides is 1. The minimum atomic E-state index is 0.181. The average molecular weight is 313 g/mol. The number of nitrogens with two attached hydrogens (primary N) is 1. The summed E-state index contributed by atoms with van der Waals surface area (Å²) in [4.78, 5) is 4.20. The van der Waals surface area contributed by atoms with Crippen molar-refractivity contribution in [2.45, 2.75) is 6.54 Å². The van der Waals surface area contributed by atoms with Crippen molar-refractivity contribution >= 4 is 34.7 Å². The lowest BCUT2D eigenvalue weighted by molar-refractivity contribution is 0.292. The second kappa shape index (κ2) is 7.17. The Bertz CT molecular complexity index is 598. The van der Waals surface area contributed by atoms with Crippen LogP contribution in [0.15, 0.2) is 41.7 Å². The van der Waals surface area contributed by atoms with Gasteiger partial charge in [0, 0.05) is 6.20 Å². The van der Waals surface area contributed by atoms with Gasteiger partial charge in [0.05, 0.1) is 23.6 Å². The molecule has 5 nitrogen and oxygen atoms in total.